The summed E-state index contributed by atoms with van der Waals surface area (Å²) in [5.74, 6) is -4.17. The van der Waals surface area contributed by atoms with E-state index in [0.717, 1.165) is 28.6 Å². The van der Waals surface area contributed by atoms with Crippen molar-refractivity contribution >= 4 is 35.8 Å². The van der Waals surface area contributed by atoms with Gasteiger partial charge >= 0.3 is 6.18 Å². The number of hydrogen-bond donors (Lipinski definition) is 1. The summed E-state index contributed by atoms with van der Waals surface area (Å²) in [6, 6.07) is 6.28. The zero-order valence-corrected chi connectivity index (χ0v) is 17.8. The molecule has 0 aliphatic carbocycles. The third-order valence-corrected chi connectivity index (χ3v) is 4.78. The maximum absolute atomic E-state index is 13.9. The van der Waals surface area contributed by atoms with Gasteiger partial charge in [0.1, 0.15) is 11.6 Å². The number of nitrogens with zero attached hydrogens (tertiary/aromatic N) is 4. The van der Waals surface area contributed by atoms with Gasteiger partial charge in [-0.1, -0.05) is 6.07 Å². The fourth-order valence-electron chi connectivity index (χ4n) is 3.19. The standard InChI is InChI=1S/C22H18F5N5O/c1-11-5-8-17-16(9-11)31-21(22(25,26)27)32(17)19(28-4)13(3)29-10-30-20(33)18-12(2)14(23)6-7-15(18)24/h5-10H,4H2,1-3H3,(H,29,30,33)/b19-13+. The van der Waals surface area contributed by atoms with E-state index in [1.54, 1.807) is 13.0 Å². The molecule has 1 aromatic heterocycles. The van der Waals surface area contributed by atoms with Gasteiger partial charge in [-0.3, -0.25) is 9.36 Å². The molecule has 0 aliphatic rings. The van der Waals surface area contributed by atoms with E-state index in [9.17, 15) is 26.7 Å². The number of aromatic nitrogens is 2. The van der Waals surface area contributed by atoms with Crippen molar-refractivity contribution in [3.63, 3.8) is 0 Å². The van der Waals surface area contributed by atoms with Crippen LogP contribution >= 0.6 is 0 Å². The molecule has 6 nitrogen and oxygen atoms in total. The number of carbonyl (C=O) groups excluding carboxylic acids is 1. The monoisotopic (exact) mass is 463 g/mol. The summed E-state index contributed by atoms with van der Waals surface area (Å²) in [5, 5.41) is 2.17. The molecule has 0 saturated heterocycles. The van der Waals surface area contributed by atoms with Crippen LogP contribution in [0.2, 0.25) is 0 Å². The molecule has 33 heavy (non-hydrogen) atoms. The molecule has 172 valence electrons. The topological polar surface area (TPSA) is 71.6 Å². The Morgan fingerprint density at radius 2 is 1.82 bits per heavy atom. The van der Waals surface area contributed by atoms with Gasteiger partial charge in [0, 0.05) is 5.56 Å². The molecule has 1 amide bonds. The van der Waals surface area contributed by atoms with E-state index in [-0.39, 0.29) is 28.1 Å². The molecule has 0 unspecified atom stereocenters. The lowest BCUT2D eigenvalue weighted by atomic mass is 10.1. The van der Waals surface area contributed by atoms with Crippen molar-refractivity contribution in [2.45, 2.75) is 26.9 Å². The summed E-state index contributed by atoms with van der Waals surface area (Å²) in [6.45, 7) is 7.63. The first kappa shape index (κ1) is 23.8. The van der Waals surface area contributed by atoms with Crippen LogP contribution in [0.15, 0.2) is 46.0 Å². The molecule has 0 fully saturated rings. The average molecular weight is 463 g/mol. The van der Waals surface area contributed by atoms with Gasteiger partial charge in [0.25, 0.3) is 5.91 Å². The predicted octanol–water partition coefficient (Wildman–Crippen LogP) is 5.26. The maximum atomic E-state index is 13.9. The fourth-order valence-corrected chi connectivity index (χ4v) is 3.19. The van der Waals surface area contributed by atoms with Gasteiger partial charge < -0.3 is 5.32 Å². The van der Waals surface area contributed by atoms with E-state index >= 15 is 0 Å². The van der Waals surface area contributed by atoms with Crippen LogP contribution in [0.1, 0.15) is 34.2 Å². The minimum absolute atomic E-state index is 0.0490. The second-order valence-electron chi connectivity index (χ2n) is 7.09. The molecule has 0 spiro atoms. The molecule has 0 atom stereocenters. The molecule has 2 aromatic carbocycles. The molecule has 3 rings (SSSR count). The summed E-state index contributed by atoms with van der Waals surface area (Å²) in [6.07, 6.45) is -3.95. The Morgan fingerprint density at radius 1 is 1.15 bits per heavy atom. The average Bonchev–Trinajstić information content (AvgIpc) is 3.10. The summed E-state index contributed by atoms with van der Waals surface area (Å²) in [5.41, 5.74) is 0.191. The fraction of sp³-hybridized carbons (Fsp3) is 0.182. The predicted molar refractivity (Wildman–Crippen MR) is 115 cm³/mol. The number of amides is 1. The van der Waals surface area contributed by atoms with Crippen LogP contribution in [0.25, 0.3) is 16.9 Å². The van der Waals surface area contributed by atoms with Crippen molar-refractivity contribution in [1.29, 1.82) is 0 Å². The Hall–Kier alpha value is -3.89. The quantitative estimate of drug-likeness (QED) is 0.319. The van der Waals surface area contributed by atoms with Crippen molar-refractivity contribution < 1.29 is 26.7 Å². The molecule has 0 bridgehead atoms. The number of hydrogen-bond acceptors (Lipinski definition) is 4. The zero-order chi connectivity index (χ0) is 24.5. The van der Waals surface area contributed by atoms with Crippen LogP contribution in [0, 0.1) is 25.5 Å². The number of allylic oxidation sites excluding steroid dienone is 1. The van der Waals surface area contributed by atoms with Crippen molar-refractivity contribution in [3.05, 3.63) is 70.2 Å². The molecule has 0 saturated carbocycles. The van der Waals surface area contributed by atoms with E-state index in [1.807, 2.05) is 0 Å². The van der Waals surface area contributed by atoms with Crippen LogP contribution in [0.3, 0.4) is 0 Å². The van der Waals surface area contributed by atoms with Gasteiger partial charge in [-0.15, -0.1) is 0 Å². The second kappa shape index (κ2) is 8.93. The smallest absolute Gasteiger partial charge is 0.313 e. The minimum Gasteiger partial charge on any atom is -0.313 e. The van der Waals surface area contributed by atoms with E-state index in [1.165, 1.54) is 26.0 Å². The highest BCUT2D eigenvalue weighted by Gasteiger charge is 2.38. The van der Waals surface area contributed by atoms with Gasteiger partial charge in [0.05, 0.1) is 28.6 Å². The molecule has 11 heteroatoms. The Bertz CT molecular complexity index is 1320. The highest BCUT2D eigenvalue weighted by molar-refractivity contribution is 6.02. The van der Waals surface area contributed by atoms with E-state index in [0.29, 0.717) is 0 Å². The number of nitrogens with one attached hydrogen (secondary N) is 1. The van der Waals surface area contributed by atoms with Crippen molar-refractivity contribution in [1.82, 2.24) is 14.9 Å². The molecular weight excluding hydrogens is 445 g/mol. The third-order valence-electron chi connectivity index (χ3n) is 4.78. The van der Waals surface area contributed by atoms with E-state index in [2.05, 4.69) is 27.0 Å². The first-order valence-corrected chi connectivity index (χ1v) is 9.48. The van der Waals surface area contributed by atoms with E-state index < -0.39 is 35.1 Å². The molecule has 0 radical (unpaired) electrons. The van der Waals surface area contributed by atoms with Crippen molar-refractivity contribution in [2.75, 3.05) is 0 Å². The van der Waals surface area contributed by atoms with Crippen molar-refractivity contribution in [2.24, 2.45) is 9.98 Å². The Kier molecular flexibility index (Phi) is 6.43. The first-order valence-electron chi connectivity index (χ1n) is 9.48. The Balaban J connectivity index is 2.02. The number of imidazole rings is 1. The molecule has 1 N–H and O–H groups in total. The van der Waals surface area contributed by atoms with Gasteiger partial charge in [-0.05, 0) is 57.3 Å². The van der Waals surface area contributed by atoms with Gasteiger partial charge in [0.15, 0.2) is 5.82 Å². The molecular formula is C22H18F5N5O. The van der Waals surface area contributed by atoms with Gasteiger partial charge in [-0.25, -0.2) is 23.7 Å². The van der Waals surface area contributed by atoms with Crippen LogP contribution in [0.4, 0.5) is 22.0 Å². The number of aryl methyl sites for hydroxylation is 1. The molecule has 3 aromatic rings. The largest absolute Gasteiger partial charge is 0.450 e. The van der Waals surface area contributed by atoms with Crippen LogP contribution in [0.5, 0.6) is 0 Å². The highest BCUT2D eigenvalue weighted by Crippen LogP contribution is 2.35. The highest BCUT2D eigenvalue weighted by atomic mass is 19.4. The minimum atomic E-state index is -4.80. The summed E-state index contributed by atoms with van der Waals surface area (Å²) < 4.78 is 69.4. The third kappa shape index (κ3) is 4.66. The van der Waals surface area contributed by atoms with Gasteiger partial charge in [-0.2, -0.15) is 13.2 Å². The number of fused-ring (bicyclic) bond motifs is 1. The Labute approximate surface area is 185 Å². The zero-order valence-electron chi connectivity index (χ0n) is 17.8. The second-order valence-corrected chi connectivity index (χ2v) is 7.09. The van der Waals surface area contributed by atoms with E-state index in [4.69, 9.17) is 0 Å². The number of aliphatic imine (C=N–C) groups is 2. The lowest BCUT2D eigenvalue weighted by molar-refractivity contribution is -0.145. The summed E-state index contributed by atoms with van der Waals surface area (Å²) >= 11 is 0. The SMILES string of the molecule is C=N/C(=C(/C)N=CNC(=O)c1c(F)ccc(F)c1C)n1c(C(F)(F)F)nc2cc(C)ccc21. The molecule has 0 aliphatic heterocycles. The normalized spacial score (nSPS) is 12.8. The number of halogens is 5. The van der Waals surface area contributed by atoms with Gasteiger partial charge in [0.2, 0.25) is 5.82 Å². The molecule has 1 heterocycles. The first-order chi connectivity index (χ1) is 15.5. The van der Waals surface area contributed by atoms with Crippen LogP contribution in [-0.2, 0) is 6.18 Å². The van der Waals surface area contributed by atoms with Crippen molar-refractivity contribution in [3.8, 4) is 0 Å². The lowest BCUT2D eigenvalue weighted by Crippen LogP contribution is -2.24. The number of benzene rings is 2. The Morgan fingerprint density at radius 3 is 2.45 bits per heavy atom. The number of carbonyl (C=O) groups is 1. The summed E-state index contributed by atoms with van der Waals surface area (Å²) in [4.78, 5) is 23.5. The number of alkyl halides is 3. The number of rotatable bonds is 5. The van der Waals surface area contributed by atoms with Crippen LogP contribution in [-0.4, -0.2) is 28.5 Å². The van der Waals surface area contributed by atoms with Crippen LogP contribution < -0.4 is 5.32 Å². The maximum Gasteiger partial charge on any atom is 0.450 e. The summed E-state index contributed by atoms with van der Waals surface area (Å²) in [7, 11) is 0. The lowest BCUT2D eigenvalue weighted by Gasteiger charge is -2.13.